The second-order valence-electron chi connectivity index (χ2n) is 5.72. The van der Waals surface area contributed by atoms with Gasteiger partial charge in [0, 0.05) is 12.0 Å². The van der Waals surface area contributed by atoms with E-state index in [9.17, 15) is 0 Å². The van der Waals surface area contributed by atoms with E-state index in [-0.39, 0.29) is 5.54 Å². The van der Waals surface area contributed by atoms with Crippen molar-refractivity contribution in [2.45, 2.75) is 57.5 Å². The number of rotatable bonds is 5. The minimum atomic E-state index is 0.172. The van der Waals surface area contributed by atoms with Crippen molar-refractivity contribution in [1.29, 1.82) is 0 Å². The fraction of sp³-hybridized carbons (Fsp3) is 0.867. The number of likely N-dealkylation sites (tertiary alicyclic amines) is 1. The quantitative estimate of drug-likeness (QED) is 0.814. The first-order valence-corrected chi connectivity index (χ1v) is 7.47. The van der Waals surface area contributed by atoms with Gasteiger partial charge in [-0.05, 0) is 52.4 Å². The maximum absolute atomic E-state index is 5.82. The van der Waals surface area contributed by atoms with Crippen molar-refractivity contribution in [3.05, 3.63) is 11.8 Å². The molecule has 3 heteroatoms. The zero-order valence-electron chi connectivity index (χ0n) is 12.2. The molecule has 2 aliphatic rings. The third-order valence-electron chi connectivity index (χ3n) is 4.72. The van der Waals surface area contributed by atoms with E-state index in [0.717, 1.165) is 25.2 Å². The number of likely N-dealkylation sites (N-methyl/N-ethyl adjacent to an activating group) is 1. The lowest BCUT2D eigenvalue weighted by atomic mass is 9.84. The smallest absolute Gasteiger partial charge is 0.111 e. The normalized spacial score (nSPS) is 26.3. The molecule has 1 fully saturated rings. The van der Waals surface area contributed by atoms with Crippen molar-refractivity contribution < 1.29 is 4.74 Å². The topological polar surface area (TPSA) is 24.5 Å². The van der Waals surface area contributed by atoms with Gasteiger partial charge in [-0.1, -0.05) is 13.3 Å². The van der Waals surface area contributed by atoms with Gasteiger partial charge in [0.1, 0.15) is 5.76 Å². The standard InChI is InChI=1S/C15H28N2O/c1-4-15(2,17-10-6-5-7-11-17)14(16-3)13-9-8-12-18-13/h9,14,16H,4-8,10-12H2,1-3H3. The number of hydrogen-bond donors (Lipinski definition) is 1. The van der Waals surface area contributed by atoms with Crippen LogP contribution in [0.3, 0.4) is 0 Å². The molecule has 0 aromatic rings. The Hall–Kier alpha value is -0.540. The summed E-state index contributed by atoms with van der Waals surface area (Å²) in [5.41, 5.74) is 0.172. The van der Waals surface area contributed by atoms with Gasteiger partial charge in [0.15, 0.2) is 0 Å². The summed E-state index contributed by atoms with van der Waals surface area (Å²) in [6.45, 7) is 8.01. The summed E-state index contributed by atoms with van der Waals surface area (Å²) in [7, 11) is 2.06. The van der Waals surface area contributed by atoms with Crippen LogP contribution >= 0.6 is 0 Å². The Morgan fingerprint density at radius 2 is 2.11 bits per heavy atom. The third-order valence-corrected chi connectivity index (χ3v) is 4.72. The first-order valence-electron chi connectivity index (χ1n) is 7.47. The van der Waals surface area contributed by atoms with E-state index in [1.165, 1.54) is 32.4 Å². The van der Waals surface area contributed by atoms with Gasteiger partial charge in [-0.15, -0.1) is 0 Å². The molecule has 18 heavy (non-hydrogen) atoms. The second-order valence-corrected chi connectivity index (χ2v) is 5.72. The molecule has 0 aromatic carbocycles. The number of hydrogen-bond acceptors (Lipinski definition) is 3. The largest absolute Gasteiger partial charge is 0.496 e. The molecule has 2 unspecified atom stereocenters. The molecule has 0 aromatic heterocycles. The Labute approximate surface area is 112 Å². The average Bonchev–Trinajstić information content (AvgIpc) is 2.94. The molecule has 1 N–H and O–H groups in total. The van der Waals surface area contributed by atoms with Crippen LogP contribution in [0.15, 0.2) is 11.8 Å². The molecule has 2 rings (SSSR count). The minimum absolute atomic E-state index is 0.172. The predicted octanol–water partition coefficient (Wildman–Crippen LogP) is 2.53. The molecule has 104 valence electrons. The zero-order valence-corrected chi connectivity index (χ0v) is 12.2. The van der Waals surface area contributed by atoms with Gasteiger partial charge in [0.2, 0.25) is 0 Å². The molecule has 0 saturated carbocycles. The number of nitrogens with one attached hydrogen (secondary N) is 1. The number of ether oxygens (including phenoxy) is 1. The third kappa shape index (κ3) is 2.57. The van der Waals surface area contributed by atoms with Crippen LogP contribution in [0.4, 0.5) is 0 Å². The van der Waals surface area contributed by atoms with Crippen molar-refractivity contribution in [2.75, 3.05) is 26.7 Å². The van der Waals surface area contributed by atoms with Crippen LogP contribution in [-0.4, -0.2) is 43.2 Å². The van der Waals surface area contributed by atoms with E-state index in [1.54, 1.807) is 0 Å². The second kappa shape index (κ2) is 6.07. The van der Waals surface area contributed by atoms with Crippen LogP contribution in [0.25, 0.3) is 0 Å². The first-order chi connectivity index (χ1) is 8.72. The summed E-state index contributed by atoms with van der Waals surface area (Å²) < 4.78 is 5.82. The van der Waals surface area contributed by atoms with E-state index in [0.29, 0.717) is 6.04 Å². The molecule has 2 atom stereocenters. The van der Waals surface area contributed by atoms with Crippen molar-refractivity contribution in [2.24, 2.45) is 0 Å². The summed E-state index contributed by atoms with van der Waals surface area (Å²) in [4.78, 5) is 2.67. The van der Waals surface area contributed by atoms with Gasteiger partial charge in [-0.2, -0.15) is 0 Å². The van der Waals surface area contributed by atoms with E-state index in [1.807, 2.05) is 0 Å². The molecule has 0 aliphatic carbocycles. The van der Waals surface area contributed by atoms with Crippen LogP contribution in [0.5, 0.6) is 0 Å². The lowest BCUT2D eigenvalue weighted by Gasteiger charge is -2.47. The summed E-state index contributed by atoms with van der Waals surface area (Å²) in [5, 5.41) is 3.50. The summed E-state index contributed by atoms with van der Waals surface area (Å²) in [6, 6.07) is 0.322. The Morgan fingerprint density at radius 1 is 1.39 bits per heavy atom. The highest BCUT2D eigenvalue weighted by molar-refractivity contribution is 5.16. The summed E-state index contributed by atoms with van der Waals surface area (Å²) in [5.74, 6) is 1.16. The van der Waals surface area contributed by atoms with E-state index in [4.69, 9.17) is 4.74 Å². The predicted molar refractivity (Wildman–Crippen MR) is 75.6 cm³/mol. The molecule has 0 bridgehead atoms. The van der Waals surface area contributed by atoms with Crippen molar-refractivity contribution in [3.8, 4) is 0 Å². The Morgan fingerprint density at radius 3 is 2.61 bits per heavy atom. The molecule has 2 heterocycles. The maximum atomic E-state index is 5.82. The Bertz CT molecular complexity index is 297. The van der Waals surface area contributed by atoms with Crippen molar-refractivity contribution >= 4 is 0 Å². The van der Waals surface area contributed by atoms with Crippen LogP contribution in [0.2, 0.25) is 0 Å². The highest BCUT2D eigenvalue weighted by Crippen LogP contribution is 2.32. The van der Waals surface area contributed by atoms with E-state index < -0.39 is 0 Å². The average molecular weight is 252 g/mol. The van der Waals surface area contributed by atoms with Gasteiger partial charge in [0.05, 0.1) is 12.6 Å². The lowest BCUT2D eigenvalue weighted by molar-refractivity contribution is 0.0376. The van der Waals surface area contributed by atoms with E-state index >= 15 is 0 Å². The number of nitrogens with zero attached hydrogens (tertiary/aromatic N) is 1. The van der Waals surface area contributed by atoms with Crippen LogP contribution < -0.4 is 5.32 Å². The van der Waals surface area contributed by atoms with E-state index in [2.05, 4.69) is 37.2 Å². The maximum Gasteiger partial charge on any atom is 0.111 e. The van der Waals surface area contributed by atoms with Gasteiger partial charge in [-0.25, -0.2) is 0 Å². The number of piperidine rings is 1. The molecular formula is C15H28N2O. The highest BCUT2D eigenvalue weighted by Gasteiger charge is 2.41. The van der Waals surface area contributed by atoms with Gasteiger partial charge < -0.3 is 10.1 Å². The van der Waals surface area contributed by atoms with Gasteiger partial charge in [-0.3, -0.25) is 4.90 Å². The van der Waals surface area contributed by atoms with Crippen LogP contribution in [0, 0.1) is 0 Å². The van der Waals surface area contributed by atoms with Crippen molar-refractivity contribution in [3.63, 3.8) is 0 Å². The van der Waals surface area contributed by atoms with Gasteiger partial charge >= 0.3 is 0 Å². The fourth-order valence-corrected chi connectivity index (χ4v) is 3.41. The molecular weight excluding hydrogens is 224 g/mol. The molecule has 1 saturated heterocycles. The Balaban J connectivity index is 2.16. The minimum Gasteiger partial charge on any atom is -0.496 e. The monoisotopic (exact) mass is 252 g/mol. The zero-order chi connectivity index (χ0) is 13.0. The SMILES string of the molecule is CCC(C)(C(NC)C1=CCCO1)N1CCCCC1. The van der Waals surface area contributed by atoms with Crippen LogP contribution in [-0.2, 0) is 4.74 Å². The fourth-order valence-electron chi connectivity index (χ4n) is 3.41. The molecule has 0 amide bonds. The first kappa shape index (κ1) is 13.9. The van der Waals surface area contributed by atoms with Gasteiger partial charge in [0.25, 0.3) is 0 Å². The molecule has 0 radical (unpaired) electrons. The lowest BCUT2D eigenvalue weighted by Crippen LogP contribution is -2.60. The highest BCUT2D eigenvalue weighted by atomic mass is 16.5. The van der Waals surface area contributed by atoms with Crippen LogP contribution in [0.1, 0.15) is 46.0 Å². The summed E-state index contributed by atoms with van der Waals surface area (Å²) >= 11 is 0. The Kier molecular flexibility index (Phi) is 4.68. The van der Waals surface area contributed by atoms with Crippen molar-refractivity contribution in [1.82, 2.24) is 10.2 Å². The molecule has 3 nitrogen and oxygen atoms in total. The molecule has 0 spiro atoms. The molecule has 2 aliphatic heterocycles. The summed E-state index contributed by atoms with van der Waals surface area (Å²) in [6.07, 6.45) is 8.54.